The van der Waals surface area contributed by atoms with Crippen LogP contribution in [0, 0.1) is 0 Å². The van der Waals surface area contributed by atoms with Crippen LogP contribution in [0.2, 0.25) is 0 Å². The van der Waals surface area contributed by atoms with Crippen LogP contribution in [0.1, 0.15) is 37.7 Å². The van der Waals surface area contributed by atoms with Crippen molar-refractivity contribution in [2.75, 3.05) is 26.2 Å². The Morgan fingerprint density at radius 2 is 2.00 bits per heavy atom. The minimum absolute atomic E-state index is 0.0214. The van der Waals surface area contributed by atoms with Crippen LogP contribution in [0.5, 0.6) is 0 Å². The molecule has 2 fully saturated rings. The first-order valence-electron chi connectivity index (χ1n) is 8.46. The van der Waals surface area contributed by atoms with Crippen molar-refractivity contribution >= 4 is 5.91 Å². The molecule has 22 heavy (non-hydrogen) atoms. The first-order valence-corrected chi connectivity index (χ1v) is 8.46. The van der Waals surface area contributed by atoms with Crippen molar-refractivity contribution in [3.63, 3.8) is 0 Å². The molecule has 1 atom stereocenters. The van der Waals surface area contributed by atoms with Gasteiger partial charge >= 0.3 is 0 Å². The summed E-state index contributed by atoms with van der Waals surface area (Å²) in [5, 5.41) is 6.37. The Bertz CT molecular complexity index is 477. The molecule has 1 aliphatic carbocycles. The molecule has 0 radical (unpaired) electrons. The minimum atomic E-state index is -0.342. The van der Waals surface area contributed by atoms with Crippen molar-refractivity contribution in [3.05, 3.63) is 35.9 Å². The van der Waals surface area contributed by atoms with E-state index in [-0.39, 0.29) is 17.4 Å². The molecule has 1 saturated heterocycles. The van der Waals surface area contributed by atoms with E-state index in [1.165, 1.54) is 24.8 Å². The van der Waals surface area contributed by atoms with Crippen LogP contribution >= 0.6 is 0 Å². The Morgan fingerprint density at radius 1 is 1.23 bits per heavy atom. The number of morpholine rings is 1. The molecule has 3 rings (SSSR count). The number of amides is 1. The molecule has 4 nitrogen and oxygen atoms in total. The summed E-state index contributed by atoms with van der Waals surface area (Å²) in [6.07, 6.45) is 5.75. The lowest BCUT2D eigenvalue weighted by Crippen LogP contribution is -2.51. The lowest BCUT2D eigenvalue weighted by atomic mass is 9.69. The SMILES string of the molecule is O=C(NCC1(c2ccccc2)CCCCC1)[C@H]1CNCCO1. The van der Waals surface area contributed by atoms with Gasteiger partial charge in [0.05, 0.1) is 6.61 Å². The zero-order chi connectivity index (χ0) is 15.3. The number of carbonyl (C=O) groups is 1. The zero-order valence-electron chi connectivity index (χ0n) is 13.1. The highest BCUT2D eigenvalue weighted by molar-refractivity contribution is 5.81. The summed E-state index contributed by atoms with van der Waals surface area (Å²) in [4.78, 5) is 12.3. The van der Waals surface area contributed by atoms with Crippen LogP contribution in [0.15, 0.2) is 30.3 Å². The van der Waals surface area contributed by atoms with Gasteiger partial charge in [-0.25, -0.2) is 0 Å². The van der Waals surface area contributed by atoms with Crippen molar-refractivity contribution < 1.29 is 9.53 Å². The lowest BCUT2D eigenvalue weighted by molar-refractivity contribution is -0.134. The number of hydrogen-bond acceptors (Lipinski definition) is 3. The first kappa shape index (κ1) is 15.5. The largest absolute Gasteiger partial charge is 0.366 e. The van der Waals surface area contributed by atoms with E-state index in [4.69, 9.17) is 4.74 Å². The average molecular weight is 302 g/mol. The van der Waals surface area contributed by atoms with Crippen LogP contribution in [0.25, 0.3) is 0 Å². The third-order valence-corrected chi connectivity index (χ3v) is 5.02. The van der Waals surface area contributed by atoms with Gasteiger partial charge in [0.2, 0.25) is 5.91 Å². The molecular formula is C18H26N2O2. The van der Waals surface area contributed by atoms with E-state index in [1.807, 2.05) is 0 Å². The highest BCUT2D eigenvalue weighted by atomic mass is 16.5. The van der Waals surface area contributed by atoms with Crippen LogP contribution in [-0.2, 0) is 14.9 Å². The van der Waals surface area contributed by atoms with Crippen molar-refractivity contribution in [1.82, 2.24) is 10.6 Å². The lowest BCUT2D eigenvalue weighted by Gasteiger charge is -2.38. The topological polar surface area (TPSA) is 50.4 Å². The Labute approximate surface area is 132 Å². The summed E-state index contributed by atoms with van der Waals surface area (Å²) < 4.78 is 5.54. The molecule has 4 heteroatoms. The van der Waals surface area contributed by atoms with Crippen LogP contribution < -0.4 is 10.6 Å². The molecular weight excluding hydrogens is 276 g/mol. The Balaban J connectivity index is 1.67. The van der Waals surface area contributed by atoms with Crippen molar-refractivity contribution in [3.8, 4) is 0 Å². The molecule has 1 amide bonds. The Kier molecular flexibility index (Phi) is 5.11. The predicted octanol–water partition coefficient (Wildman–Crippen LogP) is 1.99. The minimum Gasteiger partial charge on any atom is -0.366 e. The standard InChI is InChI=1S/C18H26N2O2/c21-17(16-13-19-11-12-22-16)20-14-18(9-5-2-6-10-18)15-7-3-1-4-8-15/h1,3-4,7-8,16,19H,2,5-6,9-14H2,(H,20,21)/t16-/m1/s1. The summed E-state index contributed by atoms with van der Waals surface area (Å²) in [7, 11) is 0. The maximum Gasteiger partial charge on any atom is 0.250 e. The molecule has 0 bridgehead atoms. The van der Waals surface area contributed by atoms with E-state index < -0.39 is 0 Å². The predicted molar refractivity (Wildman–Crippen MR) is 86.8 cm³/mol. The van der Waals surface area contributed by atoms with E-state index in [1.54, 1.807) is 0 Å². The van der Waals surface area contributed by atoms with Gasteiger partial charge in [0, 0.05) is 25.0 Å². The number of ether oxygens (including phenoxy) is 1. The smallest absolute Gasteiger partial charge is 0.250 e. The quantitative estimate of drug-likeness (QED) is 0.894. The maximum absolute atomic E-state index is 12.3. The van der Waals surface area contributed by atoms with Gasteiger partial charge in [-0.1, -0.05) is 49.6 Å². The highest BCUT2D eigenvalue weighted by Crippen LogP contribution is 2.38. The molecule has 2 N–H and O–H groups in total. The first-order chi connectivity index (χ1) is 10.8. The summed E-state index contributed by atoms with van der Waals surface area (Å²) in [5.41, 5.74) is 1.45. The molecule has 1 aromatic rings. The maximum atomic E-state index is 12.3. The second kappa shape index (κ2) is 7.25. The molecule has 0 aromatic heterocycles. The molecule has 120 valence electrons. The monoisotopic (exact) mass is 302 g/mol. The Hall–Kier alpha value is -1.39. The third kappa shape index (κ3) is 3.50. The van der Waals surface area contributed by atoms with E-state index in [9.17, 15) is 4.79 Å². The van der Waals surface area contributed by atoms with Crippen LogP contribution in [0.3, 0.4) is 0 Å². The van der Waals surface area contributed by atoms with Gasteiger partial charge in [0.1, 0.15) is 6.10 Å². The number of nitrogens with one attached hydrogen (secondary N) is 2. The van der Waals surface area contributed by atoms with Crippen LogP contribution in [0.4, 0.5) is 0 Å². The molecule has 1 saturated carbocycles. The molecule has 0 unspecified atom stereocenters. The summed E-state index contributed by atoms with van der Waals surface area (Å²) in [6, 6.07) is 10.7. The van der Waals surface area contributed by atoms with E-state index in [2.05, 4.69) is 41.0 Å². The Morgan fingerprint density at radius 3 is 2.68 bits per heavy atom. The average Bonchev–Trinajstić information content (AvgIpc) is 2.62. The van der Waals surface area contributed by atoms with Gasteiger partial charge < -0.3 is 15.4 Å². The molecule has 1 aliphatic heterocycles. The van der Waals surface area contributed by atoms with Gasteiger partial charge in [0.15, 0.2) is 0 Å². The van der Waals surface area contributed by atoms with Gasteiger partial charge in [0.25, 0.3) is 0 Å². The van der Waals surface area contributed by atoms with Crippen molar-refractivity contribution in [2.24, 2.45) is 0 Å². The summed E-state index contributed by atoms with van der Waals surface area (Å²) in [5.74, 6) is 0.0214. The van der Waals surface area contributed by atoms with E-state index in [0.29, 0.717) is 13.2 Å². The molecule has 0 spiro atoms. The van der Waals surface area contributed by atoms with Gasteiger partial charge in [-0.05, 0) is 18.4 Å². The fourth-order valence-electron chi connectivity index (χ4n) is 3.69. The fourth-order valence-corrected chi connectivity index (χ4v) is 3.69. The summed E-state index contributed by atoms with van der Waals surface area (Å²) in [6.45, 7) is 2.78. The number of benzene rings is 1. The highest BCUT2D eigenvalue weighted by Gasteiger charge is 2.35. The van der Waals surface area contributed by atoms with Crippen LogP contribution in [-0.4, -0.2) is 38.3 Å². The number of hydrogen-bond donors (Lipinski definition) is 2. The van der Waals surface area contributed by atoms with Crippen molar-refractivity contribution in [2.45, 2.75) is 43.6 Å². The normalized spacial score (nSPS) is 24.6. The second-order valence-electron chi connectivity index (χ2n) is 6.49. The third-order valence-electron chi connectivity index (χ3n) is 5.02. The number of carbonyl (C=O) groups excluding carboxylic acids is 1. The molecule has 2 aliphatic rings. The van der Waals surface area contributed by atoms with Gasteiger partial charge in [-0.3, -0.25) is 4.79 Å². The molecule has 1 aromatic carbocycles. The van der Waals surface area contributed by atoms with Crippen molar-refractivity contribution in [1.29, 1.82) is 0 Å². The summed E-state index contributed by atoms with van der Waals surface area (Å²) >= 11 is 0. The second-order valence-corrected chi connectivity index (χ2v) is 6.49. The fraction of sp³-hybridized carbons (Fsp3) is 0.611. The number of rotatable bonds is 4. The molecule has 1 heterocycles. The van der Waals surface area contributed by atoms with E-state index in [0.717, 1.165) is 25.9 Å². The van der Waals surface area contributed by atoms with E-state index >= 15 is 0 Å². The zero-order valence-corrected chi connectivity index (χ0v) is 13.1. The van der Waals surface area contributed by atoms with Gasteiger partial charge in [-0.15, -0.1) is 0 Å². The van der Waals surface area contributed by atoms with Gasteiger partial charge in [-0.2, -0.15) is 0 Å².